The molecule has 2 rings (SSSR count). The van der Waals surface area contributed by atoms with Gasteiger partial charge >= 0.3 is 0 Å². The zero-order valence-electron chi connectivity index (χ0n) is 12.3. The van der Waals surface area contributed by atoms with Crippen molar-refractivity contribution >= 4 is 11.5 Å². The number of nitrogens with two attached hydrogens (primary N) is 1. The highest BCUT2D eigenvalue weighted by molar-refractivity contribution is 6.11. The van der Waals surface area contributed by atoms with Crippen LogP contribution in [0, 0.1) is 0 Å². The summed E-state index contributed by atoms with van der Waals surface area (Å²) in [4.78, 5) is 12.6. The number of nitrogen functional groups attached to an aromatic ring is 1. The van der Waals surface area contributed by atoms with Gasteiger partial charge in [0.1, 0.15) is 11.5 Å². The Morgan fingerprint density at radius 2 is 2.00 bits per heavy atom. The second-order valence-electron chi connectivity index (χ2n) is 4.67. The van der Waals surface area contributed by atoms with Crippen molar-refractivity contribution in [1.29, 1.82) is 0 Å². The molecular weight excluding hydrogens is 266 g/mol. The molecule has 0 heterocycles. The van der Waals surface area contributed by atoms with Gasteiger partial charge in [-0.25, -0.2) is 0 Å². The van der Waals surface area contributed by atoms with Crippen LogP contribution in [-0.4, -0.2) is 19.5 Å². The van der Waals surface area contributed by atoms with Crippen LogP contribution in [0.1, 0.15) is 29.3 Å². The number of anilines is 1. The Hall–Kier alpha value is -2.49. The molecule has 2 N–H and O–H groups in total. The first-order valence-electron chi connectivity index (χ1n) is 6.86. The summed E-state index contributed by atoms with van der Waals surface area (Å²) < 4.78 is 10.8. The van der Waals surface area contributed by atoms with Crippen molar-refractivity contribution in [3.05, 3.63) is 53.6 Å². The summed E-state index contributed by atoms with van der Waals surface area (Å²) in [5.74, 6) is 1.04. The first-order chi connectivity index (χ1) is 10.2. The van der Waals surface area contributed by atoms with Crippen LogP contribution in [0.3, 0.4) is 0 Å². The third kappa shape index (κ3) is 3.54. The predicted molar refractivity (Wildman–Crippen MR) is 83.1 cm³/mol. The van der Waals surface area contributed by atoms with Crippen LogP contribution in [0.2, 0.25) is 0 Å². The Morgan fingerprint density at radius 1 is 1.19 bits per heavy atom. The average Bonchev–Trinajstić information content (AvgIpc) is 2.52. The van der Waals surface area contributed by atoms with Crippen molar-refractivity contribution in [2.45, 2.75) is 13.3 Å². The molecule has 0 amide bonds. The zero-order valence-corrected chi connectivity index (χ0v) is 12.3. The first-order valence-corrected chi connectivity index (χ1v) is 6.86. The number of ketones is 1. The van der Waals surface area contributed by atoms with E-state index in [1.165, 1.54) is 7.11 Å². The van der Waals surface area contributed by atoms with E-state index < -0.39 is 0 Å². The molecule has 0 radical (unpaired) electrons. The molecule has 4 heteroatoms. The van der Waals surface area contributed by atoms with Crippen LogP contribution in [0.15, 0.2) is 42.5 Å². The number of ether oxygens (including phenoxy) is 2. The molecule has 2 aromatic carbocycles. The molecule has 0 aromatic heterocycles. The molecule has 0 aliphatic heterocycles. The molecule has 0 atom stereocenters. The second-order valence-corrected chi connectivity index (χ2v) is 4.67. The third-order valence-corrected chi connectivity index (χ3v) is 3.04. The lowest BCUT2D eigenvalue weighted by Gasteiger charge is -2.11. The first kappa shape index (κ1) is 14.9. The SMILES string of the molecule is CCCOc1ccc(OC)c(C(=O)c2cccc(N)c2)c1. The van der Waals surface area contributed by atoms with Gasteiger partial charge in [0, 0.05) is 11.3 Å². The van der Waals surface area contributed by atoms with E-state index in [-0.39, 0.29) is 5.78 Å². The summed E-state index contributed by atoms with van der Waals surface area (Å²) in [5.41, 5.74) is 7.28. The fourth-order valence-electron chi connectivity index (χ4n) is 2.01. The number of rotatable bonds is 6. The van der Waals surface area contributed by atoms with Crippen LogP contribution in [0.5, 0.6) is 11.5 Å². The van der Waals surface area contributed by atoms with Gasteiger partial charge in [-0.05, 0) is 36.8 Å². The monoisotopic (exact) mass is 285 g/mol. The van der Waals surface area contributed by atoms with E-state index in [2.05, 4.69) is 0 Å². The van der Waals surface area contributed by atoms with E-state index in [0.717, 1.165) is 6.42 Å². The van der Waals surface area contributed by atoms with Gasteiger partial charge in [-0.2, -0.15) is 0 Å². The van der Waals surface area contributed by atoms with Gasteiger partial charge in [0.15, 0.2) is 5.78 Å². The van der Waals surface area contributed by atoms with E-state index in [1.807, 2.05) is 6.92 Å². The van der Waals surface area contributed by atoms with Crippen LogP contribution >= 0.6 is 0 Å². The van der Waals surface area contributed by atoms with Crippen LogP contribution in [0.25, 0.3) is 0 Å². The summed E-state index contributed by atoms with van der Waals surface area (Å²) in [6.45, 7) is 2.64. The number of carbonyl (C=O) groups is 1. The zero-order chi connectivity index (χ0) is 15.2. The van der Waals surface area contributed by atoms with Crippen molar-refractivity contribution in [2.75, 3.05) is 19.5 Å². The normalized spacial score (nSPS) is 10.2. The van der Waals surface area contributed by atoms with Crippen LogP contribution < -0.4 is 15.2 Å². The number of hydrogen-bond donors (Lipinski definition) is 1. The van der Waals surface area contributed by atoms with Gasteiger partial charge in [0.05, 0.1) is 19.3 Å². The van der Waals surface area contributed by atoms with Crippen LogP contribution in [0.4, 0.5) is 5.69 Å². The summed E-state index contributed by atoms with van der Waals surface area (Å²) >= 11 is 0. The van der Waals surface area contributed by atoms with Crippen molar-refractivity contribution in [3.8, 4) is 11.5 Å². The van der Waals surface area contributed by atoms with Gasteiger partial charge in [0.2, 0.25) is 0 Å². The third-order valence-electron chi connectivity index (χ3n) is 3.04. The van der Waals surface area contributed by atoms with Gasteiger partial charge in [-0.3, -0.25) is 4.79 Å². The predicted octanol–water partition coefficient (Wildman–Crippen LogP) is 3.30. The van der Waals surface area contributed by atoms with E-state index in [1.54, 1.807) is 42.5 Å². The number of benzene rings is 2. The number of carbonyl (C=O) groups excluding carboxylic acids is 1. The topological polar surface area (TPSA) is 61.5 Å². The van der Waals surface area contributed by atoms with Gasteiger partial charge in [-0.1, -0.05) is 19.1 Å². The molecule has 110 valence electrons. The lowest BCUT2D eigenvalue weighted by atomic mass is 10.0. The van der Waals surface area contributed by atoms with E-state index in [0.29, 0.717) is 34.9 Å². The van der Waals surface area contributed by atoms with E-state index >= 15 is 0 Å². The van der Waals surface area contributed by atoms with E-state index in [9.17, 15) is 4.79 Å². The average molecular weight is 285 g/mol. The smallest absolute Gasteiger partial charge is 0.196 e. The van der Waals surface area contributed by atoms with Crippen LogP contribution in [-0.2, 0) is 0 Å². The van der Waals surface area contributed by atoms with E-state index in [4.69, 9.17) is 15.2 Å². The summed E-state index contributed by atoms with van der Waals surface area (Å²) in [6.07, 6.45) is 0.907. The minimum Gasteiger partial charge on any atom is -0.496 e. The Kier molecular flexibility index (Phi) is 4.82. The number of methoxy groups -OCH3 is 1. The minimum atomic E-state index is -0.138. The molecule has 21 heavy (non-hydrogen) atoms. The lowest BCUT2D eigenvalue weighted by Crippen LogP contribution is -2.06. The molecule has 0 aliphatic rings. The molecule has 0 bridgehead atoms. The van der Waals surface area contributed by atoms with Crippen molar-refractivity contribution < 1.29 is 14.3 Å². The fraction of sp³-hybridized carbons (Fsp3) is 0.235. The minimum absolute atomic E-state index is 0.138. The maximum absolute atomic E-state index is 12.6. The van der Waals surface area contributed by atoms with Crippen molar-refractivity contribution in [2.24, 2.45) is 0 Å². The molecule has 0 saturated carbocycles. The van der Waals surface area contributed by atoms with Gasteiger partial charge < -0.3 is 15.2 Å². The summed E-state index contributed by atoms with van der Waals surface area (Å²) in [6, 6.07) is 12.1. The highest BCUT2D eigenvalue weighted by atomic mass is 16.5. The Bertz CT molecular complexity index is 638. The van der Waals surface area contributed by atoms with Gasteiger partial charge in [-0.15, -0.1) is 0 Å². The lowest BCUT2D eigenvalue weighted by molar-refractivity contribution is 0.103. The molecule has 2 aromatic rings. The highest BCUT2D eigenvalue weighted by Gasteiger charge is 2.16. The van der Waals surface area contributed by atoms with Gasteiger partial charge in [0.25, 0.3) is 0 Å². The molecule has 0 fully saturated rings. The van der Waals surface area contributed by atoms with Crippen molar-refractivity contribution in [1.82, 2.24) is 0 Å². The quantitative estimate of drug-likeness (QED) is 0.653. The largest absolute Gasteiger partial charge is 0.496 e. The molecule has 0 spiro atoms. The molecule has 0 unspecified atom stereocenters. The molecule has 0 saturated heterocycles. The molecule has 4 nitrogen and oxygen atoms in total. The Balaban J connectivity index is 2.38. The Morgan fingerprint density at radius 3 is 2.67 bits per heavy atom. The standard InChI is InChI=1S/C17H19NO3/c1-3-9-21-14-7-8-16(20-2)15(11-14)17(19)12-5-4-6-13(18)10-12/h4-8,10-11H,3,9,18H2,1-2H3. The summed E-state index contributed by atoms with van der Waals surface area (Å²) in [7, 11) is 1.54. The number of hydrogen-bond acceptors (Lipinski definition) is 4. The maximum atomic E-state index is 12.6. The second kappa shape index (κ2) is 6.79. The highest BCUT2D eigenvalue weighted by Crippen LogP contribution is 2.27. The fourth-order valence-corrected chi connectivity index (χ4v) is 2.01. The van der Waals surface area contributed by atoms with Crippen molar-refractivity contribution in [3.63, 3.8) is 0 Å². The molecular formula is C17H19NO3. The Labute approximate surface area is 124 Å². The molecule has 0 aliphatic carbocycles. The maximum Gasteiger partial charge on any atom is 0.196 e. The summed E-state index contributed by atoms with van der Waals surface area (Å²) in [5, 5.41) is 0.